The molecule has 0 saturated carbocycles. The Morgan fingerprint density at radius 1 is 1.36 bits per heavy atom. The number of amides is 1. The van der Waals surface area contributed by atoms with Crippen molar-refractivity contribution < 1.29 is 4.79 Å². The molecule has 0 aliphatic carbocycles. The van der Waals surface area contributed by atoms with Gasteiger partial charge in [-0.05, 0) is 24.3 Å². The minimum atomic E-state index is -0.191. The van der Waals surface area contributed by atoms with Gasteiger partial charge in [0.25, 0.3) is 5.91 Å². The van der Waals surface area contributed by atoms with Crippen LogP contribution in [0.15, 0.2) is 35.9 Å². The van der Waals surface area contributed by atoms with Crippen LogP contribution in [-0.4, -0.2) is 12.5 Å². The fourth-order valence-corrected chi connectivity index (χ4v) is 1.07. The Labute approximate surface area is 92.5 Å². The average molecular weight is 230 g/mol. The fraction of sp³-hybridized carbons (Fsp3) is 0.100. The molecule has 4 heteroatoms. The molecule has 0 unspecified atom stereocenters. The van der Waals surface area contributed by atoms with Crippen molar-refractivity contribution in [3.8, 4) is 0 Å². The fourth-order valence-electron chi connectivity index (χ4n) is 0.880. The first-order valence-corrected chi connectivity index (χ1v) is 4.72. The number of nitrogens with one attached hydrogen (secondary N) is 1. The van der Waals surface area contributed by atoms with Crippen LogP contribution in [0.1, 0.15) is 10.4 Å². The predicted molar refractivity (Wildman–Crippen MR) is 58.8 cm³/mol. The van der Waals surface area contributed by atoms with Gasteiger partial charge in [-0.1, -0.05) is 29.8 Å². The van der Waals surface area contributed by atoms with Gasteiger partial charge in [0.1, 0.15) is 0 Å². The van der Waals surface area contributed by atoms with Crippen LogP contribution in [0.5, 0.6) is 0 Å². The summed E-state index contributed by atoms with van der Waals surface area (Å²) in [5.74, 6) is -0.191. The normalized spacial score (nSPS) is 9.57. The van der Waals surface area contributed by atoms with Crippen molar-refractivity contribution in [3.63, 3.8) is 0 Å². The molecule has 1 aromatic carbocycles. The number of carbonyl (C=O) groups is 1. The maximum atomic E-state index is 11.4. The molecule has 0 bridgehead atoms. The Morgan fingerprint density at radius 2 is 1.93 bits per heavy atom. The first-order valence-electron chi connectivity index (χ1n) is 3.96. The number of halogens is 2. The molecule has 0 spiro atoms. The summed E-state index contributed by atoms with van der Waals surface area (Å²) in [4.78, 5) is 11.4. The van der Waals surface area contributed by atoms with E-state index in [4.69, 9.17) is 23.2 Å². The van der Waals surface area contributed by atoms with Gasteiger partial charge in [0, 0.05) is 15.6 Å². The van der Waals surface area contributed by atoms with Gasteiger partial charge in [0.2, 0.25) is 0 Å². The number of carbonyl (C=O) groups excluding carboxylic acids is 1. The molecule has 14 heavy (non-hydrogen) atoms. The second-order valence-electron chi connectivity index (χ2n) is 2.71. The summed E-state index contributed by atoms with van der Waals surface area (Å²) < 4.78 is 0. The number of benzene rings is 1. The molecule has 1 N–H and O–H groups in total. The molecule has 1 aromatic rings. The molecule has 1 amide bonds. The molecular weight excluding hydrogens is 221 g/mol. The Hall–Kier alpha value is -0.990. The Kier molecular flexibility index (Phi) is 3.98. The van der Waals surface area contributed by atoms with E-state index in [1.165, 1.54) is 0 Å². The lowest BCUT2D eigenvalue weighted by Gasteiger charge is -2.03. The zero-order valence-electron chi connectivity index (χ0n) is 7.39. The van der Waals surface area contributed by atoms with Gasteiger partial charge in [-0.3, -0.25) is 4.79 Å². The Morgan fingerprint density at radius 3 is 2.43 bits per heavy atom. The third-order valence-corrected chi connectivity index (χ3v) is 1.93. The second-order valence-corrected chi connectivity index (χ2v) is 3.68. The molecule has 0 fully saturated rings. The molecule has 1 rings (SSSR count). The lowest BCUT2D eigenvalue weighted by atomic mass is 10.2. The Balaban J connectivity index is 2.61. The van der Waals surface area contributed by atoms with E-state index in [1.807, 2.05) is 0 Å². The van der Waals surface area contributed by atoms with E-state index in [9.17, 15) is 4.79 Å². The second kappa shape index (κ2) is 5.03. The highest BCUT2D eigenvalue weighted by Gasteiger charge is 2.03. The maximum Gasteiger partial charge on any atom is 0.251 e. The zero-order chi connectivity index (χ0) is 10.6. The molecule has 0 aliphatic rings. The summed E-state index contributed by atoms with van der Waals surface area (Å²) in [6.07, 6.45) is 0. The highest BCUT2D eigenvalue weighted by Crippen LogP contribution is 2.09. The van der Waals surface area contributed by atoms with E-state index in [0.717, 1.165) is 0 Å². The molecule has 0 aliphatic heterocycles. The molecule has 0 aromatic heterocycles. The topological polar surface area (TPSA) is 29.1 Å². The standard InChI is InChI=1S/C10H9Cl2NO/c1-7(11)6-13-10(14)8-2-4-9(12)5-3-8/h2-5H,1,6H2,(H,13,14). The van der Waals surface area contributed by atoms with Crippen molar-refractivity contribution in [3.05, 3.63) is 46.5 Å². The summed E-state index contributed by atoms with van der Waals surface area (Å²) in [7, 11) is 0. The van der Waals surface area contributed by atoms with Gasteiger partial charge >= 0.3 is 0 Å². The molecule has 74 valence electrons. The average Bonchev–Trinajstić information content (AvgIpc) is 2.15. The third kappa shape index (κ3) is 3.40. The van der Waals surface area contributed by atoms with E-state index in [2.05, 4.69) is 11.9 Å². The Bertz CT molecular complexity index is 346. The summed E-state index contributed by atoms with van der Waals surface area (Å²) >= 11 is 11.2. The van der Waals surface area contributed by atoms with Crippen LogP contribution < -0.4 is 5.32 Å². The molecule has 0 heterocycles. The molecule has 0 saturated heterocycles. The van der Waals surface area contributed by atoms with Crippen LogP contribution >= 0.6 is 23.2 Å². The highest BCUT2D eigenvalue weighted by atomic mass is 35.5. The third-order valence-electron chi connectivity index (χ3n) is 1.55. The monoisotopic (exact) mass is 229 g/mol. The summed E-state index contributed by atoms with van der Waals surface area (Å²) in [6, 6.07) is 6.61. The van der Waals surface area contributed by atoms with E-state index in [1.54, 1.807) is 24.3 Å². The lowest BCUT2D eigenvalue weighted by molar-refractivity contribution is 0.0957. The van der Waals surface area contributed by atoms with Crippen LogP contribution in [-0.2, 0) is 0 Å². The highest BCUT2D eigenvalue weighted by molar-refractivity contribution is 6.30. The number of rotatable bonds is 3. The minimum Gasteiger partial charge on any atom is -0.347 e. The van der Waals surface area contributed by atoms with Crippen LogP contribution in [0.25, 0.3) is 0 Å². The van der Waals surface area contributed by atoms with Gasteiger partial charge in [-0.25, -0.2) is 0 Å². The van der Waals surface area contributed by atoms with Crippen molar-refractivity contribution in [2.24, 2.45) is 0 Å². The largest absolute Gasteiger partial charge is 0.347 e. The number of hydrogen-bond donors (Lipinski definition) is 1. The van der Waals surface area contributed by atoms with E-state index in [0.29, 0.717) is 15.6 Å². The van der Waals surface area contributed by atoms with E-state index >= 15 is 0 Å². The van der Waals surface area contributed by atoms with Crippen molar-refractivity contribution in [2.75, 3.05) is 6.54 Å². The van der Waals surface area contributed by atoms with Gasteiger partial charge in [-0.2, -0.15) is 0 Å². The maximum absolute atomic E-state index is 11.4. The van der Waals surface area contributed by atoms with Gasteiger partial charge in [0.05, 0.1) is 6.54 Å². The number of hydrogen-bond acceptors (Lipinski definition) is 1. The van der Waals surface area contributed by atoms with Crippen molar-refractivity contribution in [2.45, 2.75) is 0 Å². The zero-order valence-corrected chi connectivity index (χ0v) is 8.90. The SMILES string of the molecule is C=C(Cl)CNC(=O)c1ccc(Cl)cc1. The van der Waals surface area contributed by atoms with E-state index in [-0.39, 0.29) is 12.5 Å². The minimum absolute atomic E-state index is 0.191. The molecule has 0 radical (unpaired) electrons. The van der Waals surface area contributed by atoms with Crippen molar-refractivity contribution in [1.82, 2.24) is 5.32 Å². The smallest absolute Gasteiger partial charge is 0.251 e. The van der Waals surface area contributed by atoms with E-state index < -0.39 is 0 Å². The first kappa shape index (κ1) is 11.1. The van der Waals surface area contributed by atoms with Crippen LogP contribution in [0.3, 0.4) is 0 Å². The molecule has 0 atom stereocenters. The molecular formula is C10H9Cl2NO. The predicted octanol–water partition coefficient (Wildman–Crippen LogP) is 2.82. The van der Waals surface area contributed by atoms with Crippen LogP contribution in [0, 0.1) is 0 Å². The lowest BCUT2D eigenvalue weighted by Crippen LogP contribution is -2.24. The summed E-state index contributed by atoms with van der Waals surface area (Å²) in [6.45, 7) is 3.73. The van der Waals surface area contributed by atoms with Gasteiger partial charge < -0.3 is 5.32 Å². The summed E-state index contributed by atoms with van der Waals surface area (Å²) in [5, 5.41) is 3.60. The first-order chi connectivity index (χ1) is 6.59. The van der Waals surface area contributed by atoms with Gasteiger partial charge in [0.15, 0.2) is 0 Å². The van der Waals surface area contributed by atoms with Crippen LogP contribution in [0.2, 0.25) is 5.02 Å². The van der Waals surface area contributed by atoms with Gasteiger partial charge in [-0.15, -0.1) is 0 Å². The van der Waals surface area contributed by atoms with Crippen molar-refractivity contribution in [1.29, 1.82) is 0 Å². The van der Waals surface area contributed by atoms with Crippen LogP contribution in [0.4, 0.5) is 0 Å². The summed E-state index contributed by atoms with van der Waals surface area (Å²) in [5.41, 5.74) is 0.548. The quantitative estimate of drug-likeness (QED) is 0.849. The molecule has 2 nitrogen and oxygen atoms in total. The van der Waals surface area contributed by atoms with Crippen molar-refractivity contribution >= 4 is 29.1 Å².